The van der Waals surface area contributed by atoms with E-state index in [-0.39, 0.29) is 18.4 Å². The summed E-state index contributed by atoms with van der Waals surface area (Å²) in [6.45, 7) is 14.3. The number of carbonyl (C=O) groups excluding carboxylic acids is 6. The van der Waals surface area contributed by atoms with Crippen molar-refractivity contribution >= 4 is 35.7 Å². The van der Waals surface area contributed by atoms with Gasteiger partial charge >= 0.3 is 12.1 Å². The van der Waals surface area contributed by atoms with E-state index in [1.165, 1.54) is 41.7 Å². The highest BCUT2D eigenvalue weighted by Gasteiger charge is 2.42. The minimum absolute atomic E-state index is 0.0169. The SMILES string of the molecule is CO.COC(=O)[C@H](C)NC(=O)[C@@](C)(NC(=O)[C@H](C)NC(=O)[C@H](C)NC(=O)[C@@](C)(NC(=O)OCc1ccccc1)C(C)C)C(C)C. The largest absolute Gasteiger partial charge is 0.467 e. The minimum Gasteiger partial charge on any atom is -0.467 e. The lowest BCUT2D eigenvalue weighted by atomic mass is 9.86. The summed E-state index contributed by atoms with van der Waals surface area (Å²) in [4.78, 5) is 76.4. The Hall–Kier alpha value is -4.20. The molecule has 1 rings (SSSR count). The average molecular weight is 638 g/mol. The molecule has 1 aromatic rings. The van der Waals surface area contributed by atoms with Crippen LogP contribution in [0.4, 0.5) is 4.79 Å². The first-order chi connectivity index (χ1) is 20.9. The number of esters is 1. The first kappa shape index (κ1) is 40.8. The van der Waals surface area contributed by atoms with E-state index < -0.39 is 64.9 Å². The summed E-state index contributed by atoms with van der Waals surface area (Å²) in [7, 11) is 2.20. The Bertz CT molecular complexity index is 1160. The Balaban J connectivity index is 0.00000947. The molecule has 0 saturated heterocycles. The molecule has 0 heterocycles. The normalized spacial score (nSPS) is 15.3. The molecule has 0 unspecified atom stereocenters. The predicted octanol–water partition coefficient (Wildman–Crippen LogP) is 1.15. The number of carbonyl (C=O) groups is 6. The Morgan fingerprint density at radius 2 is 1.13 bits per heavy atom. The van der Waals surface area contributed by atoms with Crippen LogP contribution in [0.3, 0.4) is 0 Å². The molecule has 14 heteroatoms. The number of benzene rings is 1. The zero-order valence-electron chi connectivity index (χ0n) is 28.2. The van der Waals surface area contributed by atoms with Crippen LogP contribution in [0, 0.1) is 11.8 Å². The van der Waals surface area contributed by atoms with Crippen LogP contribution in [-0.2, 0) is 40.1 Å². The summed E-state index contributed by atoms with van der Waals surface area (Å²) in [6.07, 6.45) is -0.796. The fourth-order valence-electron chi connectivity index (χ4n) is 3.66. The van der Waals surface area contributed by atoms with Crippen LogP contribution in [0.25, 0.3) is 0 Å². The molecule has 0 radical (unpaired) electrons. The number of alkyl carbamates (subject to hydrolysis) is 1. The van der Waals surface area contributed by atoms with E-state index in [4.69, 9.17) is 9.84 Å². The van der Waals surface area contributed by atoms with Crippen molar-refractivity contribution in [2.45, 2.75) is 98.1 Å². The van der Waals surface area contributed by atoms with Gasteiger partial charge in [0.05, 0.1) is 7.11 Å². The molecule has 0 aliphatic rings. The fourth-order valence-corrected chi connectivity index (χ4v) is 3.66. The number of methoxy groups -OCH3 is 1. The molecule has 0 bridgehead atoms. The molecule has 0 aliphatic heterocycles. The van der Waals surface area contributed by atoms with Gasteiger partial charge in [0.15, 0.2) is 0 Å². The smallest absolute Gasteiger partial charge is 0.408 e. The van der Waals surface area contributed by atoms with E-state index in [1.807, 2.05) is 18.2 Å². The van der Waals surface area contributed by atoms with Gasteiger partial charge in [0, 0.05) is 7.11 Å². The van der Waals surface area contributed by atoms with Crippen LogP contribution >= 0.6 is 0 Å². The van der Waals surface area contributed by atoms with E-state index in [1.54, 1.807) is 39.8 Å². The number of rotatable bonds is 14. The first-order valence-corrected chi connectivity index (χ1v) is 14.6. The summed E-state index contributed by atoms with van der Waals surface area (Å²) in [5.41, 5.74) is -2.06. The summed E-state index contributed by atoms with van der Waals surface area (Å²) in [6, 6.07) is 5.96. The second kappa shape index (κ2) is 18.6. The Labute approximate surface area is 265 Å². The van der Waals surface area contributed by atoms with Crippen LogP contribution in [0.2, 0.25) is 0 Å². The van der Waals surface area contributed by atoms with E-state index in [0.717, 1.165) is 12.7 Å². The van der Waals surface area contributed by atoms with Crippen LogP contribution in [-0.4, -0.2) is 84.2 Å². The first-order valence-electron chi connectivity index (χ1n) is 14.6. The lowest BCUT2D eigenvalue weighted by Crippen LogP contribution is -2.65. The molecule has 1 aromatic carbocycles. The van der Waals surface area contributed by atoms with Gasteiger partial charge in [-0.2, -0.15) is 0 Å². The molecule has 0 spiro atoms. The highest BCUT2D eigenvalue weighted by Crippen LogP contribution is 2.19. The van der Waals surface area contributed by atoms with E-state index in [9.17, 15) is 28.8 Å². The second-order valence-corrected chi connectivity index (χ2v) is 11.5. The molecule has 0 saturated carbocycles. The molecule has 0 aromatic heterocycles. The van der Waals surface area contributed by atoms with Crippen LogP contribution in [0.15, 0.2) is 30.3 Å². The maximum absolute atomic E-state index is 13.2. The molecule has 254 valence electrons. The van der Waals surface area contributed by atoms with Gasteiger partial charge in [-0.05, 0) is 52.0 Å². The number of ether oxygens (including phenoxy) is 2. The quantitative estimate of drug-likeness (QED) is 0.162. The molecule has 0 aliphatic carbocycles. The van der Waals surface area contributed by atoms with E-state index >= 15 is 0 Å². The monoisotopic (exact) mass is 637 g/mol. The highest BCUT2D eigenvalue weighted by atomic mass is 16.5. The highest BCUT2D eigenvalue weighted by molar-refractivity contribution is 5.97. The maximum atomic E-state index is 13.2. The van der Waals surface area contributed by atoms with Crippen LogP contribution in [0.5, 0.6) is 0 Å². The van der Waals surface area contributed by atoms with Crippen LogP contribution in [0.1, 0.15) is 67.9 Å². The molecule has 45 heavy (non-hydrogen) atoms. The summed E-state index contributed by atoms with van der Waals surface area (Å²) < 4.78 is 9.90. The predicted molar refractivity (Wildman–Crippen MR) is 167 cm³/mol. The zero-order chi connectivity index (χ0) is 35.1. The van der Waals surface area contributed by atoms with Gasteiger partial charge in [0.25, 0.3) is 0 Å². The lowest BCUT2D eigenvalue weighted by molar-refractivity contribution is -0.146. The number of hydrogen-bond donors (Lipinski definition) is 6. The Morgan fingerprint density at radius 3 is 1.60 bits per heavy atom. The molecular weight excluding hydrogens is 586 g/mol. The topological polar surface area (TPSA) is 201 Å². The van der Waals surface area contributed by atoms with Crippen molar-refractivity contribution in [3.8, 4) is 0 Å². The average Bonchev–Trinajstić information content (AvgIpc) is 3.00. The van der Waals surface area contributed by atoms with Gasteiger partial charge in [-0.1, -0.05) is 58.0 Å². The van der Waals surface area contributed by atoms with E-state index in [0.29, 0.717) is 0 Å². The third-order valence-corrected chi connectivity index (χ3v) is 7.61. The number of amides is 5. The molecule has 6 N–H and O–H groups in total. The van der Waals surface area contributed by atoms with Crippen molar-refractivity contribution in [2.75, 3.05) is 14.2 Å². The van der Waals surface area contributed by atoms with Gasteiger partial charge in [-0.15, -0.1) is 0 Å². The van der Waals surface area contributed by atoms with Gasteiger partial charge in [-0.25, -0.2) is 9.59 Å². The summed E-state index contributed by atoms with van der Waals surface area (Å²) >= 11 is 0. The van der Waals surface area contributed by atoms with Gasteiger partial charge in [0.2, 0.25) is 23.6 Å². The van der Waals surface area contributed by atoms with Crippen molar-refractivity contribution < 1.29 is 43.3 Å². The Morgan fingerprint density at radius 1 is 0.689 bits per heavy atom. The fraction of sp³-hybridized carbons (Fsp3) is 0.613. The maximum Gasteiger partial charge on any atom is 0.408 e. The van der Waals surface area contributed by atoms with Crippen molar-refractivity contribution in [1.82, 2.24) is 26.6 Å². The number of aliphatic hydroxyl groups is 1. The summed E-state index contributed by atoms with van der Waals surface area (Å²) in [5.74, 6) is -3.95. The second-order valence-electron chi connectivity index (χ2n) is 11.5. The van der Waals surface area contributed by atoms with Crippen molar-refractivity contribution in [3.05, 3.63) is 35.9 Å². The molecule has 14 nitrogen and oxygen atoms in total. The lowest BCUT2D eigenvalue weighted by Gasteiger charge is -2.35. The number of nitrogens with one attached hydrogen (secondary N) is 5. The van der Waals surface area contributed by atoms with Crippen molar-refractivity contribution in [3.63, 3.8) is 0 Å². The van der Waals surface area contributed by atoms with Gasteiger partial charge < -0.3 is 41.2 Å². The molecule has 5 amide bonds. The summed E-state index contributed by atoms with van der Waals surface area (Å²) in [5, 5.41) is 19.9. The van der Waals surface area contributed by atoms with Crippen LogP contribution < -0.4 is 26.6 Å². The molecule has 5 atom stereocenters. The Kier molecular flexibility index (Phi) is 16.8. The minimum atomic E-state index is -1.42. The third kappa shape index (κ3) is 12.0. The standard InChI is InChI=1S/C30H47N5O8.CH4O/c1-17(2)29(8,26(39)33-21(7)25(38)42-10)34-24(37)20(6)31-23(36)19(5)32-27(40)30(9,18(3)4)35-28(41)43-16-22-14-12-11-13-15-22;1-2/h11-15,17-21H,16H2,1-10H3,(H,31,36)(H,32,40)(H,33,39)(H,34,37)(H,35,41);2H,1H3/t19-,20-,21-,29-,30-;/m0./s1. The third-order valence-electron chi connectivity index (χ3n) is 7.61. The van der Waals surface area contributed by atoms with Crippen molar-refractivity contribution in [2.24, 2.45) is 11.8 Å². The van der Waals surface area contributed by atoms with Gasteiger partial charge in [-0.3, -0.25) is 19.2 Å². The van der Waals surface area contributed by atoms with Crippen molar-refractivity contribution in [1.29, 1.82) is 0 Å². The number of aliphatic hydroxyl groups excluding tert-OH is 1. The zero-order valence-corrected chi connectivity index (χ0v) is 28.2. The van der Waals surface area contributed by atoms with Gasteiger partial charge in [0.1, 0.15) is 35.8 Å². The molecule has 0 fully saturated rings. The molecular formula is C31H51N5O9. The van der Waals surface area contributed by atoms with E-state index in [2.05, 4.69) is 31.3 Å². The number of hydrogen-bond acceptors (Lipinski definition) is 9.